The summed E-state index contributed by atoms with van der Waals surface area (Å²) in [5.74, 6) is 1.01. The van der Waals surface area contributed by atoms with E-state index in [1.54, 1.807) is 13.2 Å². The summed E-state index contributed by atoms with van der Waals surface area (Å²) in [4.78, 5) is 10.8. The quantitative estimate of drug-likeness (QED) is 0.563. The van der Waals surface area contributed by atoms with Crippen LogP contribution in [0.15, 0.2) is 30.3 Å². The highest BCUT2D eigenvalue weighted by Crippen LogP contribution is 2.19. The van der Waals surface area contributed by atoms with Crippen LogP contribution in [0.1, 0.15) is 19.4 Å². The van der Waals surface area contributed by atoms with Gasteiger partial charge in [0.15, 0.2) is 0 Å². The lowest BCUT2D eigenvalue weighted by Gasteiger charge is -2.07. The minimum atomic E-state index is -0.320. The second kappa shape index (κ2) is 5.20. The maximum Gasteiger partial charge on any atom is 0.308 e. The topological polar surface area (TPSA) is 35.5 Å². The molecule has 0 atom stereocenters. The number of carbonyl (C=O) groups is 1. The van der Waals surface area contributed by atoms with Gasteiger partial charge in [0.2, 0.25) is 0 Å². The van der Waals surface area contributed by atoms with Gasteiger partial charge in [0.1, 0.15) is 11.5 Å². The third kappa shape index (κ3) is 3.13. The van der Waals surface area contributed by atoms with Gasteiger partial charge < -0.3 is 9.47 Å². The van der Waals surface area contributed by atoms with Crippen LogP contribution in [0, 0.1) is 0 Å². The molecule has 0 heterocycles. The molecule has 0 aromatic heterocycles. The fraction of sp³-hybridized carbons (Fsp3) is 0.250. The maximum absolute atomic E-state index is 10.8. The third-order valence-corrected chi connectivity index (χ3v) is 1.89. The molecule has 0 spiro atoms. The molecule has 0 aliphatic rings. The summed E-state index contributed by atoms with van der Waals surface area (Å²) in [5, 5.41) is 0. The molecule has 0 saturated heterocycles. The molecule has 0 fully saturated rings. The summed E-state index contributed by atoms with van der Waals surface area (Å²) in [6.07, 6.45) is 1.75. The summed E-state index contributed by atoms with van der Waals surface area (Å²) < 4.78 is 10.1. The molecule has 0 saturated carbocycles. The normalized spacial score (nSPS) is 11.0. The lowest BCUT2D eigenvalue weighted by atomic mass is 10.2. The fourth-order valence-corrected chi connectivity index (χ4v) is 1.19. The number of benzene rings is 1. The average Bonchev–Trinajstić information content (AvgIpc) is 2.26. The van der Waals surface area contributed by atoms with E-state index in [9.17, 15) is 4.79 Å². The first-order valence-corrected chi connectivity index (χ1v) is 4.66. The van der Waals surface area contributed by atoms with E-state index in [-0.39, 0.29) is 5.97 Å². The zero-order valence-electron chi connectivity index (χ0n) is 9.11. The van der Waals surface area contributed by atoms with E-state index in [0.717, 1.165) is 11.3 Å². The Labute approximate surface area is 89.3 Å². The van der Waals surface area contributed by atoms with Crippen LogP contribution in [0.25, 0.3) is 5.76 Å². The smallest absolute Gasteiger partial charge is 0.308 e. The molecule has 0 N–H and O–H groups in total. The van der Waals surface area contributed by atoms with Crippen LogP contribution < -0.4 is 4.74 Å². The first-order chi connectivity index (χ1) is 7.17. The number of carbonyl (C=O) groups excluding carboxylic acids is 1. The molecule has 1 aromatic carbocycles. The van der Waals surface area contributed by atoms with Crippen LogP contribution in [0.4, 0.5) is 0 Å². The number of hydrogen-bond acceptors (Lipinski definition) is 3. The number of allylic oxidation sites excluding steroid dienone is 1. The van der Waals surface area contributed by atoms with Crippen molar-refractivity contribution in [2.45, 2.75) is 13.8 Å². The third-order valence-electron chi connectivity index (χ3n) is 1.89. The van der Waals surface area contributed by atoms with Gasteiger partial charge in [0.25, 0.3) is 0 Å². The molecule has 0 unspecified atom stereocenters. The van der Waals surface area contributed by atoms with Crippen LogP contribution in [0.5, 0.6) is 5.75 Å². The summed E-state index contributed by atoms with van der Waals surface area (Å²) in [5.41, 5.74) is 0.855. The fourth-order valence-electron chi connectivity index (χ4n) is 1.19. The standard InChI is InChI=1S/C12H14O3/c1-4-12(15-9(2)13)10-5-7-11(14-3)8-6-10/h4-8H,1-3H3/b12-4-. The first-order valence-electron chi connectivity index (χ1n) is 4.66. The van der Waals surface area contributed by atoms with Gasteiger partial charge in [-0.05, 0) is 37.3 Å². The Morgan fingerprint density at radius 2 is 1.87 bits per heavy atom. The van der Waals surface area contributed by atoms with Gasteiger partial charge in [0.05, 0.1) is 7.11 Å². The SMILES string of the molecule is C/C=C(\OC(C)=O)c1ccc(OC)cc1. The highest BCUT2D eigenvalue weighted by molar-refractivity contribution is 5.76. The van der Waals surface area contributed by atoms with Gasteiger partial charge in [-0.2, -0.15) is 0 Å². The minimum absolute atomic E-state index is 0.320. The van der Waals surface area contributed by atoms with E-state index in [1.807, 2.05) is 31.2 Å². The van der Waals surface area contributed by atoms with Crippen LogP contribution in [-0.2, 0) is 9.53 Å². The van der Waals surface area contributed by atoms with E-state index in [2.05, 4.69) is 0 Å². The van der Waals surface area contributed by atoms with Crippen molar-refractivity contribution in [3.05, 3.63) is 35.9 Å². The Kier molecular flexibility index (Phi) is 3.92. The highest BCUT2D eigenvalue weighted by atomic mass is 16.5. The van der Waals surface area contributed by atoms with Gasteiger partial charge in [-0.25, -0.2) is 0 Å². The molecule has 3 nitrogen and oxygen atoms in total. The van der Waals surface area contributed by atoms with E-state index in [0.29, 0.717) is 5.76 Å². The van der Waals surface area contributed by atoms with Gasteiger partial charge in [0, 0.05) is 12.5 Å². The Bertz CT molecular complexity index is 363. The van der Waals surface area contributed by atoms with Gasteiger partial charge in [-0.1, -0.05) is 0 Å². The highest BCUT2D eigenvalue weighted by Gasteiger charge is 2.04. The van der Waals surface area contributed by atoms with Crippen LogP contribution in [0.3, 0.4) is 0 Å². The molecule has 0 radical (unpaired) electrons. The first kappa shape index (κ1) is 11.3. The zero-order valence-corrected chi connectivity index (χ0v) is 9.11. The number of hydrogen-bond donors (Lipinski definition) is 0. The monoisotopic (exact) mass is 206 g/mol. The van der Waals surface area contributed by atoms with E-state index in [4.69, 9.17) is 9.47 Å². The molecule has 1 rings (SSSR count). The van der Waals surface area contributed by atoms with E-state index >= 15 is 0 Å². The lowest BCUT2D eigenvalue weighted by Crippen LogP contribution is -1.98. The summed E-state index contributed by atoms with van der Waals surface area (Å²) in [7, 11) is 1.61. The molecule has 0 aliphatic carbocycles. The molecule has 1 aromatic rings. The summed E-state index contributed by atoms with van der Waals surface area (Å²) in [6.45, 7) is 3.20. The average molecular weight is 206 g/mol. The molecule has 3 heteroatoms. The van der Waals surface area contributed by atoms with Crippen molar-refractivity contribution in [2.75, 3.05) is 7.11 Å². The number of rotatable bonds is 3. The van der Waals surface area contributed by atoms with Gasteiger partial charge in [-0.15, -0.1) is 0 Å². The Balaban J connectivity index is 2.89. The number of methoxy groups -OCH3 is 1. The van der Waals surface area contributed by atoms with Crippen molar-refractivity contribution >= 4 is 11.7 Å². The molecule has 0 bridgehead atoms. The molecule has 80 valence electrons. The molecule has 0 amide bonds. The molecule has 15 heavy (non-hydrogen) atoms. The summed E-state index contributed by atoms with van der Waals surface area (Å²) in [6, 6.07) is 7.33. The predicted molar refractivity (Wildman–Crippen MR) is 58.4 cm³/mol. The van der Waals surface area contributed by atoms with Crippen LogP contribution >= 0.6 is 0 Å². The zero-order chi connectivity index (χ0) is 11.3. The van der Waals surface area contributed by atoms with Crippen LogP contribution in [0.2, 0.25) is 0 Å². The summed E-state index contributed by atoms with van der Waals surface area (Å²) >= 11 is 0. The maximum atomic E-state index is 10.8. The van der Waals surface area contributed by atoms with Crippen molar-refractivity contribution in [3.8, 4) is 5.75 Å². The van der Waals surface area contributed by atoms with Crippen molar-refractivity contribution < 1.29 is 14.3 Å². The predicted octanol–water partition coefficient (Wildman–Crippen LogP) is 2.62. The van der Waals surface area contributed by atoms with E-state index in [1.165, 1.54) is 6.92 Å². The number of esters is 1. The second-order valence-corrected chi connectivity index (χ2v) is 2.98. The van der Waals surface area contributed by atoms with Crippen molar-refractivity contribution in [1.29, 1.82) is 0 Å². The molecule has 0 aliphatic heterocycles. The Hall–Kier alpha value is -1.77. The van der Waals surface area contributed by atoms with Crippen molar-refractivity contribution in [3.63, 3.8) is 0 Å². The van der Waals surface area contributed by atoms with Gasteiger partial charge >= 0.3 is 5.97 Å². The largest absolute Gasteiger partial charge is 0.497 e. The van der Waals surface area contributed by atoms with Crippen LogP contribution in [-0.4, -0.2) is 13.1 Å². The Morgan fingerprint density at radius 1 is 1.27 bits per heavy atom. The molecular formula is C12H14O3. The van der Waals surface area contributed by atoms with Crippen molar-refractivity contribution in [2.24, 2.45) is 0 Å². The van der Waals surface area contributed by atoms with E-state index < -0.39 is 0 Å². The van der Waals surface area contributed by atoms with Crippen molar-refractivity contribution in [1.82, 2.24) is 0 Å². The lowest BCUT2D eigenvalue weighted by molar-refractivity contribution is -0.134. The second-order valence-electron chi connectivity index (χ2n) is 2.98. The minimum Gasteiger partial charge on any atom is -0.497 e. The Morgan fingerprint density at radius 3 is 2.27 bits per heavy atom. The molecular weight excluding hydrogens is 192 g/mol. The van der Waals surface area contributed by atoms with Gasteiger partial charge in [-0.3, -0.25) is 4.79 Å². The number of ether oxygens (including phenoxy) is 2.